The first-order valence-electron chi connectivity index (χ1n) is 8.11. The van der Waals surface area contributed by atoms with Crippen LogP contribution in [0.3, 0.4) is 0 Å². The summed E-state index contributed by atoms with van der Waals surface area (Å²) in [5.74, 6) is 0.236. The van der Waals surface area contributed by atoms with Crippen molar-refractivity contribution in [3.8, 4) is 0 Å². The van der Waals surface area contributed by atoms with E-state index >= 15 is 0 Å². The van der Waals surface area contributed by atoms with E-state index in [0.717, 1.165) is 11.1 Å². The normalized spacial score (nSPS) is 14.5. The fourth-order valence-corrected chi connectivity index (χ4v) is 2.90. The molecule has 0 unspecified atom stereocenters. The van der Waals surface area contributed by atoms with Crippen molar-refractivity contribution in [2.75, 3.05) is 31.5 Å². The smallest absolute Gasteiger partial charge is 0.321 e. The molecule has 0 spiro atoms. The van der Waals surface area contributed by atoms with Crippen LogP contribution in [0.4, 0.5) is 10.5 Å². The van der Waals surface area contributed by atoms with Crippen molar-refractivity contribution in [3.63, 3.8) is 0 Å². The number of anilines is 1. The molecule has 1 saturated heterocycles. The number of nitrogens with one attached hydrogen (secondary N) is 1. The topological polar surface area (TPSA) is 65.8 Å². The van der Waals surface area contributed by atoms with Crippen LogP contribution in [0.5, 0.6) is 0 Å². The molecule has 0 bridgehead atoms. The highest BCUT2D eigenvalue weighted by Gasteiger charge is 2.27. The van der Waals surface area contributed by atoms with Crippen molar-refractivity contribution >= 4 is 29.2 Å². The van der Waals surface area contributed by atoms with Crippen molar-refractivity contribution in [2.45, 2.75) is 13.8 Å². The van der Waals surface area contributed by atoms with Crippen molar-refractivity contribution in [2.24, 2.45) is 0 Å². The Balaban J connectivity index is 1.56. The Morgan fingerprint density at radius 2 is 1.72 bits per heavy atom. The lowest BCUT2D eigenvalue weighted by Gasteiger charge is -2.34. The number of benzene rings is 1. The summed E-state index contributed by atoms with van der Waals surface area (Å²) >= 11 is 6.08. The van der Waals surface area contributed by atoms with Gasteiger partial charge < -0.3 is 19.5 Å². The van der Waals surface area contributed by atoms with Crippen molar-refractivity contribution < 1.29 is 14.0 Å². The summed E-state index contributed by atoms with van der Waals surface area (Å²) in [6, 6.07) is 6.98. The number of furan rings is 1. The van der Waals surface area contributed by atoms with E-state index < -0.39 is 0 Å². The minimum Gasteiger partial charge on any atom is -0.459 e. The van der Waals surface area contributed by atoms with Gasteiger partial charge in [-0.15, -0.1) is 0 Å². The lowest BCUT2D eigenvalue weighted by molar-refractivity contribution is 0.0639. The average molecular weight is 362 g/mol. The van der Waals surface area contributed by atoms with E-state index in [9.17, 15) is 9.59 Å². The third-order valence-corrected chi connectivity index (χ3v) is 4.74. The standard InChI is InChI=1S/C18H20ClN3O3/c1-12-3-4-14(11-15(12)19)20-18(24)22-8-6-21(7-9-22)17(23)16-13(2)5-10-25-16/h3-5,10-11H,6-9H2,1-2H3,(H,20,24). The summed E-state index contributed by atoms with van der Waals surface area (Å²) in [4.78, 5) is 28.2. The molecule has 1 aliphatic rings. The van der Waals surface area contributed by atoms with Crippen molar-refractivity contribution in [1.82, 2.24) is 9.80 Å². The lowest BCUT2D eigenvalue weighted by Crippen LogP contribution is -2.51. The molecule has 2 aromatic rings. The van der Waals surface area contributed by atoms with Gasteiger partial charge in [0.05, 0.1) is 6.26 Å². The fraction of sp³-hybridized carbons (Fsp3) is 0.333. The predicted molar refractivity (Wildman–Crippen MR) is 96.1 cm³/mol. The van der Waals surface area contributed by atoms with E-state index in [4.69, 9.17) is 16.0 Å². The molecular formula is C18H20ClN3O3. The van der Waals surface area contributed by atoms with Crippen LogP contribution >= 0.6 is 11.6 Å². The Bertz CT molecular complexity index is 795. The van der Waals surface area contributed by atoms with Crippen LogP contribution in [0.25, 0.3) is 0 Å². The number of hydrogen-bond acceptors (Lipinski definition) is 3. The van der Waals surface area contributed by atoms with Crippen LogP contribution in [0.1, 0.15) is 21.7 Å². The molecular weight excluding hydrogens is 342 g/mol. The second kappa shape index (κ2) is 7.19. The van der Waals surface area contributed by atoms with Crippen LogP contribution in [0, 0.1) is 13.8 Å². The van der Waals surface area contributed by atoms with E-state index in [1.807, 2.05) is 26.0 Å². The highest BCUT2D eigenvalue weighted by Crippen LogP contribution is 2.20. The zero-order valence-corrected chi connectivity index (χ0v) is 15.0. The van der Waals surface area contributed by atoms with Gasteiger partial charge in [-0.2, -0.15) is 0 Å². The van der Waals surface area contributed by atoms with Crippen LogP contribution in [-0.4, -0.2) is 47.9 Å². The first-order valence-corrected chi connectivity index (χ1v) is 8.49. The molecule has 0 radical (unpaired) electrons. The number of aryl methyl sites for hydroxylation is 2. The van der Waals surface area contributed by atoms with E-state index in [1.54, 1.807) is 21.9 Å². The molecule has 3 amide bonds. The summed E-state index contributed by atoms with van der Waals surface area (Å²) in [7, 11) is 0. The molecule has 2 heterocycles. The van der Waals surface area contributed by atoms with Crippen molar-refractivity contribution in [1.29, 1.82) is 0 Å². The second-order valence-corrected chi connectivity index (χ2v) is 6.51. The second-order valence-electron chi connectivity index (χ2n) is 6.11. The van der Waals surface area contributed by atoms with Gasteiger partial charge >= 0.3 is 6.03 Å². The Hall–Kier alpha value is -2.47. The highest BCUT2D eigenvalue weighted by atomic mass is 35.5. The molecule has 132 valence electrons. The van der Waals surface area contributed by atoms with E-state index in [2.05, 4.69) is 5.32 Å². The SMILES string of the molecule is Cc1ccc(NC(=O)N2CCN(C(=O)c3occc3C)CC2)cc1Cl. The minimum atomic E-state index is -0.193. The molecule has 3 rings (SSSR count). The number of urea groups is 1. The van der Waals surface area contributed by atoms with Gasteiger partial charge in [0, 0.05) is 42.5 Å². The maximum Gasteiger partial charge on any atom is 0.321 e. The van der Waals surface area contributed by atoms with Gasteiger partial charge in [-0.25, -0.2) is 4.79 Å². The molecule has 6 nitrogen and oxygen atoms in total. The Kier molecular flexibility index (Phi) is 4.99. The van der Waals surface area contributed by atoms with Gasteiger partial charge in [-0.3, -0.25) is 4.79 Å². The van der Waals surface area contributed by atoms with E-state index in [0.29, 0.717) is 42.6 Å². The third-order valence-electron chi connectivity index (χ3n) is 4.33. The summed E-state index contributed by atoms with van der Waals surface area (Å²) in [6.07, 6.45) is 1.51. The Morgan fingerprint density at radius 1 is 1.04 bits per heavy atom. The van der Waals surface area contributed by atoms with Crippen LogP contribution in [0.2, 0.25) is 5.02 Å². The largest absolute Gasteiger partial charge is 0.459 e. The van der Waals surface area contributed by atoms with Gasteiger partial charge in [-0.05, 0) is 37.6 Å². The van der Waals surface area contributed by atoms with Crippen LogP contribution in [-0.2, 0) is 0 Å². The fourth-order valence-electron chi connectivity index (χ4n) is 2.72. The quantitative estimate of drug-likeness (QED) is 0.889. The maximum absolute atomic E-state index is 12.4. The Morgan fingerprint density at radius 3 is 2.32 bits per heavy atom. The van der Waals surface area contributed by atoms with Gasteiger partial charge in [0.25, 0.3) is 5.91 Å². The van der Waals surface area contributed by atoms with Crippen molar-refractivity contribution in [3.05, 3.63) is 52.4 Å². The van der Waals surface area contributed by atoms with Crippen LogP contribution < -0.4 is 5.32 Å². The zero-order chi connectivity index (χ0) is 18.0. The summed E-state index contributed by atoms with van der Waals surface area (Å²) in [6.45, 7) is 5.63. The monoisotopic (exact) mass is 361 g/mol. The molecule has 25 heavy (non-hydrogen) atoms. The van der Waals surface area contributed by atoms with Crippen LogP contribution in [0.15, 0.2) is 34.9 Å². The molecule has 1 aromatic heterocycles. The first kappa shape index (κ1) is 17.4. The molecule has 0 atom stereocenters. The number of carbonyl (C=O) groups excluding carboxylic acids is 2. The van der Waals surface area contributed by atoms with Gasteiger partial charge in [-0.1, -0.05) is 17.7 Å². The lowest BCUT2D eigenvalue weighted by atomic mass is 10.2. The van der Waals surface area contributed by atoms with Gasteiger partial charge in [0.2, 0.25) is 0 Å². The highest BCUT2D eigenvalue weighted by molar-refractivity contribution is 6.31. The summed E-state index contributed by atoms with van der Waals surface area (Å²) in [5.41, 5.74) is 2.44. The molecule has 0 saturated carbocycles. The summed E-state index contributed by atoms with van der Waals surface area (Å²) < 4.78 is 5.26. The number of hydrogen-bond donors (Lipinski definition) is 1. The molecule has 1 aromatic carbocycles. The number of nitrogens with zero attached hydrogens (tertiary/aromatic N) is 2. The predicted octanol–water partition coefficient (Wildman–Crippen LogP) is 3.54. The number of amides is 3. The van der Waals surface area contributed by atoms with E-state index in [1.165, 1.54) is 6.26 Å². The summed E-state index contributed by atoms with van der Waals surface area (Å²) in [5, 5.41) is 3.45. The minimum absolute atomic E-state index is 0.132. The Labute approximate surface area is 151 Å². The van der Waals surface area contributed by atoms with E-state index in [-0.39, 0.29) is 11.9 Å². The molecule has 1 aliphatic heterocycles. The molecule has 0 aliphatic carbocycles. The number of piperazine rings is 1. The average Bonchev–Trinajstić information content (AvgIpc) is 3.03. The molecule has 7 heteroatoms. The molecule has 1 N–H and O–H groups in total. The number of carbonyl (C=O) groups is 2. The molecule has 1 fully saturated rings. The zero-order valence-electron chi connectivity index (χ0n) is 14.2. The van der Waals surface area contributed by atoms with Gasteiger partial charge in [0.15, 0.2) is 5.76 Å². The maximum atomic E-state index is 12.4. The number of rotatable bonds is 2. The third kappa shape index (κ3) is 3.79. The van der Waals surface area contributed by atoms with Gasteiger partial charge in [0.1, 0.15) is 0 Å². The first-order chi connectivity index (χ1) is 12.0. The number of halogens is 1.